The molecular weight excluding hydrogens is 288 g/mol. The minimum absolute atomic E-state index is 0.272. The molecule has 18 heavy (non-hydrogen) atoms. The van der Waals surface area contributed by atoms with Crippen molar-refractivity contribution in [1.29, 1.82) is 0 Å². The largest absolute Gasteiger partial charge is 0.483 e. The summed E-state index contributed by atoms with van der Waals surface area (Å²) in [6.07, 6.45) is 1.82. The molecule has 104 valence electrons. The van der Waals surface area contributed by atoms with Gasteiger partial charge in [0.1, 0.15) is 13.2 Å². The van der Waals surface area contributed by atoms with Crippen LogP contribution in [0.5, 0.6) is 0 Å². The molecule has 0 N–H and O–H groups in total. The van der Waals surface area contributed by atoms with Crippen LogP contribution in [0.4, 0.5) is 0 Å². The Hall–Kier alpha value is -0.330. The molecule has 0 atom stereocenters. The maximum Gasteiger partial charge on any atom is 0.167 e. The van der Waals surface area contributed by atoms with E-state index >= 15 is 0 Å². The van der Waals surface area contributed by atoms with Gasteiger partial charge in [-0.25, -0.2) is 0 Å². The third-order valence-corrected chi connectivity index (χ3v) is 3.22. The van der Waals surface area contributed by atoms with Gasteiger partial charge in [-0.3, -0.25) is 0 Å². The van der Waals surface area contributed by atoms with Gasteiger partial charge in [0.2, 0.25) is 0 Å². The van der Waals surface area contributed by atoms with Crippen molar-refractivity contribution in [3.8, 4) is 0 Å². The van der Waals surface area contributed by atoms with Crippen molar-refractivity contribution in [1.82, 2.24) is 0 Å². The Kier molecular flexibility index (Phi) is 10.4. The summed E-state index contributed by atoms with van der Waals surface area (Å²) < 4.78 is 16.3. The van der Waals surface area contributed by atoms with Crippen LogP contribution in [-0.4, -0.2) is 34.5 Å². The van der Waals surface area contributed by atoms with Crippen molar-refractivity contribution in [3.05, 3.63) is 0 Å². The molecule has 0 saturated heterocycles. The average molecular weight is 308 g/mol. The molecule has 0 aromatic rings. The summed E-state index contributed by atoms with van der Waals surface area (Å²) in [5.74, 6) is 0. The third kappa shape index (κ3) is 8.72. The normalized spacial score (nSPS) is 10.0. The Morgan fingerprint density at radius 3 is 1.50 bits per heavy atom. The van der Waals surface area contributed by atoms with Gasteiger partial charge in [-0.2, -0.15) is 0 Å². The fourth-order valence-corrected chi connectivity index (χ4v) is 1.23. The molecule has 0 radical (unpaired) electrons. The van der Waals surface area contributed by atoms with E-state index in [0.29, 0.717) is 47.6 Å². The molecule has 0 saturated carbocycles. The van der Waals surface area contributed by atoms with Crippen LogP contribution in [-0.2, 0) is 14.2 Å². The average Bonchev–Trinajstić information content (AvgIpc) is 2.40. The maximum absolute atomic E-state index is 5.55. The van der Waals surface area contributed by atoms with Gasteiger partial charge in [0.15, 0.2) is 21.3 Å². The standard InChI is InChI=1S/C12H20O3S3/c1-4-10(16)13-7-9(15-12(18)6-3)8-14-11(17)5-2/h9H,4-8H2,1-3H3. The Morgan fingerprint density at radius 2 is 1.17 bits per heavy atom. The molecular formula is C12H20O3S3. The zero-order chi connectivity index (χ0) is 14.0. The molecule has 0 aliphatic rings. The van der Waals surface area contributed by atoms with E-state index in [-0.39, 0.29) is 6.10 Å². The maximum atomic E-state index is 5.55. The van der Waals surface area contributed by atoms with Crippen LogP contribution in [0.25, 0.3) is 0 Å². The first-order chi connectivity index (χ1) is 8.53. The molecule has 0 aliphatic carbocycles. The van der Waals surface area contributed by atoms with Gasteiger partial charge in [0, 0.05) is 19.3 Å². The zero-order valence-electron chi connectivity index (χ0n) is 11.1. The Bertz CT molecular complexity index is 272. The Balaban J connectivity index is 4.19. The molecule has 0 amide bonds. The first-order valence-electron chi connectivity index (χ1n) is 6.04. The molecule has 0 aromatic heterocycles. The lowest BCUT2D eigenvalue weighted by Gasteiger charge is -2.20. The molecule has 0 heterocycles. The van der Waals surface area contributed by atoms with E-state index in [0.717, 1.165) is 0 Å². The first-order valence-corrected chi connectivity index (χ1v) is 7.26. The van der Waals surface area contributed by atoms with Crippen LogP contribution in [0, 0.1) is 0 Å². The van der Waals surface area contributed by atoms with Crippen molar-refractivity contribution >= 4 is 51.8 Å². The van der Waals surface area contributed by atoms with E-state index in [1.54, 1.807) is 0 Å². The van der Waals surface area contributed by atoms with Gasteiger partial charge >= 0.3 is 0 Å². The van der Waals surface area contributed by atoms with Gasteiger partial charge in [0.25, 0.3) is 0 Å². The SMILES string of the molecule is CCC(=S)OCC(COC(=S)CC)OC(=S)CC. The highest BCUT2D eigenvalue weighted by molar-refractivity contribution is 7.80. The molecule has 3 nitrogen and oxygen atoms in total. The summed E-state index contributed by atoms with van der Waals surface area (Å²) in [6, 6.07) is 0. The summed E-state index contributed by atoms with van der Waals surface area (Å²) in [5.41, 5.74) is 0. The minimum Gasteiger partial charge on any atom is -0.483 e. The quantitative estimate of drug-likeness (QED) is 0.636. The Morgan fingerprint density at radius 1 is 0.778 bits per heavy atom. The van der Waals surface area contributed by atoms with E-state index in [9.17, 15) is 0 Å². The molecule has 0 aliphatic heterocycles. The zero-order valence-corrected chi connectivity index (χ0v) is 13.5. The van der Waals surface area contributed by atoms with Gasteiger partial charge < -0.3 is 14.2 Å². The number of ether oxygens (including phenoxy) is 3. The van der Waals surface area contributed by atoms with E-state index in [2.05, 4.69) is 0 Å². The third-order valence-electron chi connectivity index (χ3n) is 2.02. The fraction of sp³-hybridized carbons (Fsp3) is 0.750. The van der Waals surface area contributed by atoms with E-state index in [4.69, 9.17) is 50.9 Å². The van der Waals surface area contributed by atoms with Gasteiger partial charge in [0.05, 0.1) is 0 Å². The summed E-state index contributed by atoms with van der Waals surface area (Å²) in [5, 5.41) is 1.66. The topological polar surface area (TPSA) is 27.7 Å². The Labute approximate surface area is 125 Å². The van der Waals surface area contributed by atoms with Crippen molar-refractivity contribution in [3.63, 3.8) is 0 Å². The second kappa shape index (κ2) is 10.6. The van der Waals surface area contributed by atoms with Crippen LogP contribution in [0.15, 0.2) is 0 Å². The molecule has 6 heteroatoms. The lowest BCUT2D eigenvalue weighted by atomic mass is 10.4. The van der Waals surface area contributed by atoms with Gasteiger partial charge in [-0.05, 0) is 36.7 Å². The monoisotopic (exact) mass is 308 g/mol. The van der Waals surface area contributed by atoms with Crippen LogP contribution >= 0.6 is 36.7 Å². The van der Waals surface area contributed by atoms with Crippen LogP contribution in [0.2, 0.25) is 0 Å². The summed E-state index contributed by atoms with van der Waals surface area (Å²) >= 11 is 15.0. The molecule has 0 bridgehead atoms. The lowest BCUT2D eigenvalue weighted by Crippen LogP contribution is -2.29. The van der Waals surface area contributed by atoms with E-state index in [1.807, 2.05) is 20.8 Å². The first kappa shape index (κ1) is 17.7. The molecule has 0 fully saturated rings. The van der Waals surface area contributed by atoms with Crippen molar-refractivity contribution in [2.45, 2.75) is 46.1 Å². The van der Waals surface area contributed by atoms with Crippen molar-refractivity contribution in [2.24, 2.45) is 0 Å². The highest BCUT2D eigenvalue weighted by atomic mass is 32.1. The van der Waals surface area contributed by atoms with Crippen molar-refractivity contribution in [2.75, 3.05) is 13.2 Å². The van der Waals surface area contributed by atoms with Gasteiger partial charge in [-0.1, -0.05) is 20.8 Å². The number of rotatable bonds is 8. The van der Waals surface area contributed by atoms with Crippen molar-refractivity contribution < 1.29 is 14.2 Å². The van der Waals surface area contributed by atoms with E-state index in [1.165, 1.54) is 0 Å². The van der Waals surface area contributed by atoms with Crippen LogP contribution in [0.3, 0.4) is 0 Å². The second-order valence-electron chi connectivity index (χ2n) is 3.54. The summed E-state index contributed by atoms with van der Waals surface area (Å²) in [4.78, 5) is 0. The number of hydrogen-bond donors (Lipinski definition) is 0. The smallest absolute Gasteiger partial charge is 0.167 e. The highest BCUT2D eigenvalue weighted by Crippen LogP contribution is 2.03. The van der Waals surface area contributed by atoms with Gasteiger partial charge in [-0.15, -0.1) is 0 Å². The number of thiocarbonyl (C=S) groups is 3. The van der Waals surface area contributed by atoms with E-state index < -0.39 is 0 Å². The predicted octanol–water partition coefficient (Wildman–Crippen LogP) is 3.62. The molecule has 0 rings (SSSR count). The highest BCUT2D eigenvalue weighted by Gasteiger charge is 2.14. The lowest BCUT2D eigenvalue weighted by molar-refractivity contribution is 0.0657. The summed E-state index contributed by atoms with van der Waals surface area (Å²) in [7, 11) is 0. The minimum atomic E-state index is -0.272. The predicted molar refractivity (Wildman–Crippen MR) is 85.4 cm³/mol. The molecule has 0 unspecified atom stereocenters. The summed E-state index contributed by atoms with van der Waals surface area (Å²) in [6.45, 7) is 6.49. The van der Waals surface area contributed by atoms with Crippen LogP contribution < -0.4 is 0 Å². The molecule has 0 spiro atoms. The molecule has 0 aromatic carbocycles. The van der Waals surface area contributed by atoms with Crippen LogP contribution in [0.1, 0.15) is 40.0 Å². The fourth-order valence-electron chi connectivity index (χ4n) is 0.961. The number of hydrogen-bond acceptors (Lipinski definition) is 6. The second-order valence-corrected chi connectivity index (χ2v) is 4.90.